The molecule has 6 heteroatoms. The molecule has 2 atom stereocenters. The summed E-state index contributed by atoms with van der Waals surface area (Å²) in [5.74, 6) is -0.144. The number of aliphatic hydroxyl groups excluding tert-OH is 2. The average Bonchev–Trinajstić information content (AvgIpc) is 3.16. The van der Waals surface area contributed by atoms with Crippen LogP contribution < -0.4 is 5.32 Å². The first-order valence-corrected chi connectivity index (χ1v) is 22.8. The topological polar surface area (TPSA) is 95.9 Å². The Kier molecular flexibility index (Phi) is 41.3. The zero-order valence-corrected chi connectivity index (χ0v) is 35.0. The predicted molar refractivity (Wildman–Crippen MR) is 227 cm³/mol. The van der Waals surface area contributed by atoms with Crippen LogP contribution in [0.1, 0.15) is 226 Å². The number of hydrogen-bond acceptors (Lipinski definition) is 5. The number of carbonyl (C=O) groups is 2. The lowest BCUT2D eigenvalue weighted by Gasteiger charge is -2.20. The Bertz CT molecular complexity index is 869. The molecule has 0 saturated carbocycles. The summed E-state index contributed by atoms with van der Waals surface area (Å²) >= 11 is 0. The molecule has 0 fully saturated rings. The summed E-state index contributed by atoms with van der Waals surface area (Å²) in [6.45, 7) is 4.78. The number of rotatable bonds is 41. The lowest BCUT2D eigenvalue weighted by Crippen LogP contribution is -2.45. The molecule has 1 amide bonds. The molecule has 0 spiro atoms. The van der Waals surface area contributed by atoms with Crippen LogP contribution in [0.4, 0.5) is 0 Å². The van der Waals surface area contributed by atoms with Gasteiger partial charge >= 0.3 is 5.97 Å². The van der Waals surface area contributed by atoms with Crippen molar-refractivity contribution in [2.75, 3.05) is 13.2 Å². The normalized spacial score (nSPS) is 13.1. The Hall–Kier alpha value is -1.92. The van der Waals surface area contributed by atoms with Gasteiger partial charge in [0.15, 0.2) is 0 Å². The molecule has 310 valence electrons. The first-order valence-electron chi connectivity index (χ1n) is 22.8. The molecule has 53 heavy (non-hydrogen) atoms. The van der Waals surface area contributed by atoms with Crippen molar-refractivity contribution in [1.29, 1.82) is 0 Å². The second-order valence-electron chi connectivity index (χ2n) is 15.4. The number of esters is 1. The van der Waals surface area contributed by atoms with Crippen LogP contribution in [0.2, 0.25) is 0 Å². The number of allylic oxidation sites excluding steroid dienone is 5. The summed E-state index contributed by atoms with van der Waals surface area (Å²) in [6, 6.07) is -0.648. The third kappa shape index (κ3) is 39.6. The summed E-state index contributed by atoms with van der Waals surface area (Å²) in [6.07, 6.45) is 49.9. The van der Waals surface area contributed by atoms with E-state index in [1.807, 2.05) is 6.08 Å². The fraction of sp³-hybridized carbons (Fsp3) is 0.830. The van der Waals surface area contributed by atoms with E-state index in [0.717, 1.165) is 83.5 Å². The van der Waals surface area contributed by atoms with Gasteiger partial charge in [0.25, 0.3) is 0 Å². The highest BCUT2D eigenvalue weighted by Crippen LogP contribution is 2.13. The monoisotopic (exact) mass is 746 g/mol. The number of amides is 1. The van der Waals surface area contributed by atoms with Gasteiger partial charge in [0.1, 0.15) is 0 Å². The molecule has 0 aliphatic carbocycles. The Balaban J connectivity index is 3.58. The lowest BCUT2D eigenvalue weighted by molar-refractivity contribution is -0.143. The van der Waals surface area contributed by atoms with E-state index in [4.69, 9.17) is 4.74 Å². The lowest BCUT2D eigenvalue weighted by atomic mass is 10.1. The zero-order valence-electron chi connectivity index (χ0n) is 35.0. The molecule has 0 heterocycles. The number of unbranched alkanes of at least 4 members (excludes halogenated alkanes) is 26. The molecule has 6 nitrogen and oxygen atoms in total. The summed E-state index contributed by atoms with van der Waals surface area (Å²) < 4.78 is 5.41. The Morgan fingerprint density at radius 3 is 1.36 bits per heavy atom. The van der Waals surface area contributed by atoms with Gasteiger partial charge < -0.3 is 20.3 Å². The highest BCUT2D eigenvalue weighted by atomic mass is 16.5. The van der Waals surface area contributed by atoms with Crippen LogP contribution in [0, 0.1) is 0 Å². The second kappa shape index (κ2) is 42.8. The van der Waals surface area contributed by atoms with Crippen LogP contribution >= 0.6 is 0 Å². The predicted octanol–water partition coefficient (Wildman–Crippen LogP) is 12.9. The van der Waals surface area contributed by atoms with E-state index in [1.54, 1.807) is 6.08 Å². The molecule has 0 saturated heterocycles. The number of nitrogens with one attached hydrogen (secondary N) is 1. The van der Waals surface area contributed by atoms with Crippen LogP contribution in [0.5, 0.6) is 0 Å². The van der Waals surface area contributed by atoms with Gasteiger partial charge in [0.05, 0.1) is 25.4 Å². The van der Waals surface area contributed by atoms with Crippen molar-refractivity contribution in [1.82, 2.24) is 5.32 Å². The molecular formula is C47H87NO5. The molecule has 3 N–H and O–H groups in total. The zero-order chi connectivity index (χ0) is 38.7. The molecule has 0 bridgehead atoms. The molecule has 0 aromatic carbocycles. The SMILES string of the molecule is CCCCCC/C=C\CCCCCCCC(=O)OCCCC/C=C\CCCCCCCC(=O)NC(CO)C(O)/C=C/CCCCCCCCCCCC. The maximum Gasteiger partial charge on any atom is 0.305 e. The smallest absolute Gasteiger partial charge is 0.305 e. The minimum absolute atomic E-state index is 0.0435. The minimum atomic E-state index is -0.861. The minimum Gasteiger partial charge on any atom is -0.466 e. The quantitative estimate of drug-likeness (QED) is 0.0329. The van der Waals surface area contributed by atoms with Gasteiger partial charge in [0, 0.05) is 12.8 Å². The summed E-state index contributed by atoms with van der Waals surface area (Å²) in [5, 5.41) is 22.9. The van der Waals surface area contributed by atoms with Crippen molar-refractivity contribution in [2.24, 2.45) is 0 Å². The van der Waals surface area contributed by atoms with Crippen molar-refractivity contribution < 1.29 is 24.5 Å². The van der Waals surface area contributed by atoms with Crippen molar-refractivity contribution in [2.45, 2.75) is 238 Å². The van der Waals surface area contributed by atoms with E-state index in [-0.39, 0.29) is 18.5 Å². The van der Waals surface area contributed by atoms with Crippen LogP contribution in [0.25, 0.3) is 0 Å². The molecule has 0 radical (unpaired) electrons. The Morgan fingerprint density at radius 1 is 0.509 bits per heavy atom. The number of aliphatic hydroxyl groups is 2. The van der Waals surface area contributed by atoms with Gasteiger partial charge in [-0.05, 0) is 83.5 Å². The average molecular weight is 746 g/mol. The van der Waals surface area contributed by atoms with Crippen LogP contribution in [0.15, 0.2) is 36.5 Å². The third-order valence-corrected chi connectivity index (χ3v) is 10.1. The molecule has 0 aliphatic rings. The molecule has 0 rings (SSSR count). The first-order chi connectivity index (χ1) is 26.0. The van der Waals surface area contributed by atoms with Crippen LogP contribution in [0.3, 0.4) is 0 Å². The number of hydrogen-bond donors (Lipinski definition) is 3. The van der Waals surface area contributed by atoms with Gasteiger partial charge in [-0.1, -0.05) is 166 Å². The summed E-state index contributed by atoms with van der Waals surface area (Å²) in [5.41, 5.74) is 0. The summed E-state index contributed by atoms with van der Waals surface area (Å²) in [4.78, 5) is 24.3. The van der Waals surface area contributed by atoms with Crippen molar-refractivity contribution in [3.63, 3.8) is 0 Å². The maximum absolute atomic E-state index is 12.4. The highest BCUT2D eigenvalue weighted by Gasteiger charge is 2.18. The third-order valence-electron chi connectivity index (χ3n) is 10.1. The summed E-state index contributed by atoms with van der Waals surface area (Å²) in [7, 11) is 0. The van der Waals surface area contributed by atoms with E-state index in [9.17, 15) is 19.8 Å². The van der Waals surface area contributed by atoms with Gasteiger partial charge in [-0.25, -0.2) is 0 Å². The van der Waals surface area contributed by atoms with E-state index in [1.165, 1.54) is 116 Å². The Morgan fingerprint density at radius 2 is 0.887 bits per heavy atom. The van der Waals surface area contributed by atoms with Crippen LogP contribution in [-0.2, 0) is 14.3 Å². The van der Waals surface area contributed by atoms with E-state index >= 15 is 0 Å². The van der Waals surface area contributed by atoms with E-state index < -0.39 is 12.1 Å². The van der Waals surface area contributed by atoms with Crippen molar-refractivity contribution in [3.8, 4) is 0 Å². The largest absolute Gasteiger partial charge is 0.466 e. The fourth-order valence-corrected chi connectivity index (χ4v) is 6.56. The standard InChI is InChI=1S/C47H87NO5/c1-3-5-7-9-11-13-15-17-21-25-29-33-37-41-47(52)53-42-38-34-30-26-22-18-20-24-28-32-36-40-46(51)48-44(43-49)45(50)39-35-31-27-23-19-16-14-12-10-8-6-4-2/h13,15,22,26,35,39,44-45,49-50H,3-12,14,16-21,23-25,27-34,36-38,40-43H2,1-2H3,(H,48,51)/b15-13-,26-22-,39-35+. The number of carbonyl (C=O) groups excluding carboxylic acids is 2. The molecule has 0 aromatic rings. The van der Waals surface area contributed by atoms with Gasteiger partial charge in [-0.3, -0.25) is 9.59 Å². The van der Waals surface area contributed by atoms with Gasteiger partial charge in [-0.2, -0.15) is 0 Å². The van der Waals surface area contributed by atoms with Crippen molar-refractivity contribution >= 4 is 11.9 Å². The molecule has 0 aromatic heterocycles. The van der Waals surface area contributed by atoms with E-state index in [0.29, 0.717) is 19.4 Å². The van der Waals surface area contributed by atoms with Gasteiger partial charge in [0.2, 0.25) is 5.91 Å². The maximum atomic E-state index is 12.4. The number of ether oxygens (including phenoxy) is 1. The molecular weight excluding hydrogens is 659 g/mol. The Labute approximate surface area is 328 Å². The van der Waals surface area contributed by atoms with Crippen molar-refractivity contribution in [3.05, 3.63) is 36.5 Å². The highest BCUT2D eigenvalue weighted by molar-refractivity contribution is 5.76. The fourth-order valence-electron chi connectivity index (χ4n) is 6.56. The van der Waals surface area contributed by atoms with E-state index in [2.05, 4.69) is 43.5 Å². The van der Waals surface area contributed by atoms with Gasteiger partial charge in [-0.15, -0.1) is 0 Å². The van der Waals surface area contributed by atoms with Crippen LogP contribution in [-0.4, -0.2) is 47.4 Å². The first kappa shape index (κ1) is 51.1. The second-order valence-corrected chi connectivity index (χ2v) is 15.4. The molecule has 0 aliphatic heterocycles. The molecule has 2 unspecified atom stereocenters.